The monoisotopic (exact) mass is 412 g/mol. The Bertz CT molecular complexity index is 1130. The third-order valence-electron chi connectivity index (χ3n) is 4.66. The Morgan fingerprint density at radius 1 is 1.11 bits per heavy atom. The minimum atomic E-state index is -3.19. The van der Waals surface area contributed by atoms with Crippen LogP contribution < -0.4 is 10.9 Å². The van der Waals surface area contributed by atoms with E-state index in [1.54, 1.807) is 39.1 Å². The van der Waals surface area contributed by atoms with E-state index in [4.69, 9.17) is 11.6 Å². The largest absolute Gasteiger partial charge is 0.378 e. The van der Waals surface area contributed by atoms with Gasteiger partial charge in [-0.2, -0.15) is 0 Å². The zero-order chi connectivity index (χ0) is 20.7. The number of halogens is 5. The SMILES string of the molecule is Cc1cc(C(C)Nc2ccc(F)c(F)c2C(F)F)c2cc(Cl)n(C)c(=O)c2c1. The number of nitrogens with zero attached hydrogens (tertiary/aromatic N) is 1. The Kier molecular flexibility index (Phi) is 5.39. The molecule has 0 saturated heterocycles. The van der Waals surface area contributed by atoms with Gasteiger partial charge < -0.3 is 9.88 Å². The van der Waals surface area contributed by atoms with Crippen LogP contribution in [0.15, 0.2) is 35.1 Å². The van der Waals surface area contributed by atoms with E-state index in [0.29, 0.717) is 16.3 Å². The normalized spacial score (nSPS) is 12.6. The topological polar surface area (TPSA) is 34.0 Å². The van der Waals surface area contributed by atoms with Gasteiger partial charge >= 0.3 is 0 Å². The molecular weight excluding hydrogens is 396 g/mol. The van der Waals surface area contributed by atoms with E-state index < -0.39 is 29.7 Å². The summed E-state index contributed by atoms with van der Waals surface area (Å²) in [4.78, 5) is 12.5. The average molecular weight is 413 g/mol. The summed E-state index contributed by atoms with van der Waals surface area (Å²) in [5, 5.41) is 4.01. The molecule has 0 aliphatic heterocycles. The maximum absolute atomic E-state index is 13.9. The van der Waals surface area contributed by atoms with Gasteiger partial charge in [-0.25, -0.2) is 17.6 Å². The summed E-state index contributed by atoms with van der Waals surface area (Å²) >= 11 is 6.13. The minimum absolute atomic E-state index is 0.217. The second kappa shape index (κ2) is 7.47. The fraction of sp³-hybridized carbons (Fsp3) is 0.250. The molecule has 0 bridgehead atoms. The number of anilines is 1. The first kappa shape index (κ1) is 20.2. The van der Waals surface area contributed by atoms with E-state index in [-0.39, 0.29) is 16.4 Å². The summed E-state index contributed by atoms with van der Waals surface area (Å²) in [5.41, 5.74) is -0.126. The van der Waals surface area contributed by atoms with Crippen molar-refractivity contribution < 1.29 is 17.6 Å². The molecule has 3 rings (SSSR count). The van der Waals surface area contributed by atoms with Crippen LogP contribution in [0.4, 0.5) is 23.2 Å². The van der Waals surface area contributed by atoms with Crippen molar-refractivity contribution in [1.82, 2.24) is 4.57 Å². The number of alkyl halides is 2. The van der Waals surface area contributed by atoms with Gasteiger partial charge in [-0.05, 0) is 54.6 Å². The average Bonchev–Trinajstić information content (AvgIpc) is 2.63. The predicted molar refractivity (Wildman–Crippen MR) is 102 cm³/mol. The molecule has 28 heavy (non-hydrogen) atoms. The van der Waals surface area contributed by atoms with Gasteiger partial charge in [0.1, 0.15) is 5.15 Å². The number of hydrogen-bond acceptors (Lipinski definition) is 2. The molecule has 3 aromatic rings. The molecule has 1 atom stereocenters. The Morgan fingerprint density at radius 3 is 2.43 bits per heavy atom. The maximum atomic E-state index is 13.9. The number of fused-ring (bicyclic) bond motifs is 1. The van der Waals surface area contributed by atoms with Gasteiger partial charge in [-0.1, -0.05) is 17.7 Å². The molecule has 148 valence electrons. The van der Waals surface area contributed by atoms with Gasteiger partial charge in [-0.3, -0.25) is 4.79 Å². The van der Waals surface area contributed by atoms with Crippen molar-refractivity contribution in [2.24, 2.45) is 7.05 Å². The van der Waals surface area contributed by atoms with Crippen LogP contribution in [-0.4, -0.2) is 4.57 Å². The summed E-state index contributed by atoms with van der Waals surface area (Å²) in [7, 11) is 1.55. The van der Waals surface area contributed by atoms with Crippen molar-refractivity contribution >= 4 is 28.1 Å². The van der Waals surface area contributed by atoms with Gasteiger partial charge in [0.15, 0.2) is 11.6 Å². The number of hydrogen-bond donors (Lipinski definition) is 1. The zero-order valence-corrected chi connectivity index (χ0v) is 16.0. The molecule has 2 aromatic carbocycles. The number of benzene rings is 2. The molecule has 1 heterocycles. The molecule has 8 heteroatoms. The molecule has 0 spiro atoms. The van der Waals surface area contributed by atoms with E-state index in [1.165, 1.54) is 4.57 Å². The Hall–Kier alpha value is -2.54. The molecule has 1 aromatic heterocycles. The van der Waals surface area contributed by atoms with Crippen molar-refractivity contribution in [3.05, 3.63) is 74.2 Å². The Morgan fingerprint density at radius 2 is 1.79 bits per heavy atom. The maximum Gasteiger partial charge on any atom is 0.268 e. The summed E-state index contributed by atoms with van der Waals surface area (Å²) in [6, 6.07) is 6.39. The van der Waals surface area contributed by atoms with Gasteiger partial charge in [0, 0.05) is 24.2 Å². The number of nitrogens with one attached hydrogen (secondary N) is 1. The summed E-state index contributed by atoms with van der Waals surface area (Å²) in [6.45, 7) is 3.47. The summed E-state index contributed by atoms with van der Waals surface area (Å²) < 4.78 is 55.1. The first-order valence-corrected chi connectivity index (χ1v) is 8.82. The highest BCUT2D eigenvalue weighted by molar-refractivity contribution is 6.30. The highest BCUT2D eigenvalue weighted by Gasteiger charge is 2.23. The molecule has 3 nitrogen and oxygen atoms in total. The van der Waals surface area contributed by atoms with E-state index in [2.05, 4.69) is 5.32 Å². The first-order chi connectivity index (χ1) is 13.1. The number of pyridine rings is 1. The van der Waals surface area contributed by atoms with E-state index >= 15 is 0 Å². The number of aromatic nitrogens is 1. The van der Waals surface area contributed by atoms with E-state index in [9.17, 15) is 22.4 Å². The Balaban J connectivity index is 2.15. The van der Waals surface area contributed by atoms with Crippen molar-refractivity contribution in [2.45, 2.75) is 26.3 Å². The molecule has 0 saturated carbocycles. The first-order valence-electron chi connectivity index (χ1n) is 8.44. The molecule has 0 fully saturated rings. The lowest BCUT2D eigenvalue weighted by molar-refractivity contribution is 0.146. The zero-order valence-electron chi connectivity index (χ0n) is 15.3. The third-order valence-corrected chi connectivity index (χ3v) is 5.03. The number of rotatable bonds is 4. The second-order valence-electron chi connectivity index (χ2n) is 6.64. The van der Waals surface area contributed by atoms with E-state index in [1.807, 2.05) is 0 Å². The Labute approximate surface area is 163 Å². The standard InChI is InChI=1S/C20H17ClF4N2O/c1-9-6-11(12-8-16(21)27(3)20(28)13(12)7-9)10(2)26-15-5-4-14(22)18(23)17(15)19(24)25/h4-8,10,19,26H,1-3H3. The molecule has 0 radical (unpaired) electrons. The molecule has 1 N–H and O–H groups in total. The van der Waals surface area contributed by atoms with Crippen molar-refractivity contribution in [3.8, 4) is 0 Å². The number of aryl methyl sites for hydroxylation is 1. The summed E-state index contributed by atoms with van der Waals surface area (Å²) in [6.07, 6.45) is -3.19. The fourth-order valence-corrected chi connectivity index (χ4v) is 3.42. The van der Waals surface area contributed by atoms with E-state index in [0.717, 1.165) is 17.7 Å². The molecule has 1 unspecified atom stereocenters. The van der Waals surface area contributed by atoms with Gasteiger partial charge in [0.05, 0.1) is 5.56 Å². The lowest BCUT2D eigenvalue weighted by atomic mass is 9.97. The smallest absolute Gasteiger partial charge is 0.268 e. The highest BCUT2D eigenvalue weighted by Crippen LogP contribution is 2.35. The van der Waals surface area contributed by atoms with Crippen molar-refractivity contribution in [1.29, 1.82) is 0 Å². The van der Waals surface area contributed by atoms with Crippen LogP contribution in [0, 0.1) is 18.6 Å². The molecule has 0 aliphatic carbocycles. The van der Waals surface area contributed by atoms with Crippen LogP contribution in [0.3, 0.4) is 0 Å². The van der Waals surface area contributed by atoms with Crippen LogP contribution in [-0.2, 0) is 7.05 Å². The lowest BCUT2D eigenvalue weighted by Gasteiger charge is -2.21. The van der Waals surface area contributed by atoms with Crippen LogP contribution in [0.25, 0.3) is 10.8 Å². The van der Waals surface area contributed by atoms with Gasteiger partial charge in [0.2, 0.25) is 0 Å². The molecular formula is C20H17ClF4N2O. The van der Waals surface area contributed by atoms with Crippen LogP contribution >= 0.6 is 11.6 Å². The van der Waals surface area contributed by atoms with Crippen LogP contribution in [0.1, 0.15) is 36.1 Å². The van der Waals surface area contributed by atoms with Gasteiger partial charge in [0.25, 0.3) is 12.0 Å². The van der Waals surface area contributed by atoms with Crippen molar-refractivity contribution in [2.75, 3.05) is 5.32 Å². The fourth-order valence-electron chi connectivity index (χ4n) is 3.23. The van der Waals surface area contributed by atoms with Crippen LogP contribution in [0.2, 0.25) is 5.15 Å². The quantitative estimate of drug-likeness (QED) is 0.428. The lowest BCUT2D eigenvalue weighted by Crippen LogP contribution is -2.19. The van der Waals surface area contributed by atoms with Crippen molar-refractivity contribution in [3.63, 3.8) is 0 Å². The highest BCUT2D eigenvalue weighted by atomic mass is 35.5. The van der Waals surface area contributed by atoms with Gasteiger partial charge in [-0.15, -0.1) is 0 Å². The molecule has 0 amide bonds. The second-order valence-corrected chi connectivity index (χ2v) is 7.02. The summed E-state index contributed by atoms with van der Waals surface area (Å²) in [5.74, 6) is -2.93. The molecule has 0 aliphatic rings. The minimum Gasteiger partial charge on any atom is -0.378 e. The predicted octanol–water partition coefficient (Wildman–Crippen LogP) is 5.89. The van der Waals surface area contributed by atoms with Crippen LogP contribution in [0.5, 0.6) is 0 Å². The third kappa shape index (κ3) is 3.46.